The molecule has 1 aliphatic heterocycles. The van der Waals surface area contributed by atoms with Crippen molar-refractivity contribution < 1.29 is 19.1 Å². The Morgan fingerprint density at radius 3 is 3.00 bits per heavy atom. The second-order valence-corrected chi connectivity index (χ2v) is 3.14. The Morgan fingerprint density at radius 2 is 2.43 bits per heavy atom. The van der Waals surface area contributed by atoms with Crippen molar-refractivity contribution in [2.75, 3.05) is 6.61 Å². The van der Waals surface area contributed by atoms with Gasteiger partial charge in [-0.05, 0) is 6.42 Å². The van der Waals surface area contributed by atoms with Gasteiger partial charge in [-0.25, -0.2) is 4.79 Å². The van der Waals surface area contributed by atoms with Crippen LogP contribution in [-0.4, -0.2) is 24.6 Å². The molecule has 0 bridgehead atoms. The number of rotatable bonds is 5. The molecule has 1 atom stereocenters. The lowest BCUT2D eigenvalue weighted by Gasteiger charge is -2.24. The summed E-state index contributed by atoms with van der Waals surface area (Å²) in [4.78, 5) is 21.4. The van der Waals surface area contributed by atoms with E-state index in [-0.39, 0.29) is 24.6 Å². The Balaban J connectivity index is 2.06. The molecule has 0 aromatic carbocycles. The summed E-state index contributed by atoms with van der Waals surface area (Å²) in [6.07, 6.45) is 5.17. The van der Waals surface area contributed by atoms with Crippen LogP contribution in [0.15, 0.2) is 12.2 Å². The predicted octanol–water partition coefficient (Wildman–Crippen LogP) is 1.20. The molecule has 1 heterocycles. The maximum absolute atomic E-state index is 11.0. The first-order chi connectivity index (χ1) is 6.72. The Hall–Kier alpha value is -1.32. The van der Waals surface area contributed by atoms with E-state index in [1.165, 1.54) is 6.08 Å². The van der Waals surface area contributed by atoms with Crippen molar-refractivity contribution in [3.05, 3.63) is 12.2 Å². The number of carbonyl (C=O) groups excluding carboxylic acids is 2. The average molecular weight is 198 g/mol. The van der Waals surface area contributed by atoms with E-state index in [9.17, 15) is 9.59 Å². The number of esters is 2. The van der Waals surface area contributed by atoms with Gasteiger partial charge in [0.15, 0.2) is 0 Å². The third-order valence-electron chi connectivity index (χ3n) is 1.81. The van der Waals surface area contributed by atoms with Crippen LogP contribution in [0.25, 0.3) is 0 Å². The molecule has 1 aliphatic rings. The van der Waals surface area contributed by atoms with E-state index in [1.807, 2.05) is 6.92 Å². The quantitative estimate of drug-likeness (QED) is 0.492. The highest BCUT2D eigenvalue weighted by Crippen LogP contribution is 2.12. The van der Waals surface area contributed by atoms with Gasteiger partial charge in [-0.3, -0.25) is 4.79 Å². The van der Waals surface area contributed by atoms with Crippen molar-refractivity contribution in [3.8, 4) is 0 Å². The molecule has 1 unspecified atom stereocenters. The number of carbonyl (C=O) groups is 2. The molecule has 1 rings (SSSR count). The highest BCUT2D eigenvalue weighted by Gasteiger charge is 2.29. The molecule has 0 amide bonds. The Morgan fingerprint density at radius 1 is 1.71 bits per heavy atom. The monoisotopic (exact) mass is 198 g/mol. The van der Waals surface area contributed by atoms with Crippen LogP contribution in [0.5, 0.6) is 0 Å². The summed E-state index contributed by atoms with van der Waals surface area (Å²) in [5.74, 6) is -0.603. The van der Waals surface area contributed by atoms with E-state index in [4.69, 9.17) is 4.74 Å². The topological polar surface area (TPSA) is 52.6 Å². The van der Waals surface area contributed by atoms with Gasteiger partial charge in [0.25, 0.3) is 0 Å². The van der Waals surface area contributed by atoms with Gasteiger partial charge in [0.2, 0.25) is 0 Å². The zero-order chi connectivity index (χ0) is 10.4. The summed E-state index contributed by atoms with van der Waals surface area (Å²) >= 11 is 0. The third-order valence-corrected chi connectivity index (χ3v) is 1.81. The molecule has 14 heavy (non-hydrogen) atoms. The predicted molar refractivity (Wildman–Crippen MR) is 49.5 cm³/mol. The minimum absolute atomic E-state index is 0.168. The van der Waals surface area contributed by atoms with Crippen molar-refractivity contribution >= 4 is 11.9 Å². The van der Waals surface area contributed by atoms with Crippen LogP contribution >= 0.6 is 0 Å². The van der Waals surface area contributed by atoms with Gasteiger partial charge in [-0.1, -0.05) is 19.4 Å². The third kappa shape index (κ3) is 3.60. The largest absolute Gasteiger partial charge is 0.459 e. The fourth-order valence-corrected chi connectivity index (χ4v) is 1.02. The molecule has 78 valence electrons. The molecule has 0 spiro atoms. The summed E-state index contributed by atoms with van der Waals surface area (Å²) in [6, 6.07) is 0. The number of allylic oxidation sites excluding steroid dienone is 1. The molecular formula is C10H14O4. The lowest BCUT2D eigenvalue weighted by Crippen LogP contribution is -2.36. The Bertz CT molecular complexity index is 237. The van der Waals surface area contributed by atoms with Crippen LogP contribution in [0.3, 0.4) is 0 Å². The maximum atomic E-state index is 11.0. The summed E-state index contributed by atoms with van der Waals surface area (Å²) in [7, 11) is 0. The SMILES string of the molecule is CCC/C=C/C(=O)OCC1CC(=O)O1. The van der Waals surface area contributed by atoms with Crippen LogP contribution in [0.2, 0.25) is 0 Å². The van der Waals surface area contributed by atoms with Crippen LogP contribution in [-0.2, 0) is 19.1 Å². The zero-order valence-corrected chi connectivity index (χ0v) is 8.19. The first-order valence-corrected chi connectivity index (χ1v) is 4.75. The van der Waals surface area contributed by atoms with E-state index >= 15 is 0 Å². The fourth-order valence-electron chi connectivity index (χ4n) is 1.02. The molecule has 0 aromatic heterocycles. The molecule has 1 fully saturated rings. The van der Waals surface area contributed by atoms with E-state index in [0.29, 0.717) is 6.42 Å². The first kappa shape index (κ1) is 10.8. The highest BCUT2D eigenvalue weighted by atomic mass is 16.6. The number of cyclic esters (lactones) is 1. The highest BCUT2D eigenvalue weighted by molar-refractivity contribution is 5.82. The van der Waals surface area contributed by atoms with Crippen molar-refractivity contribution in [2.45, 2.75) is 32.3 Å². The molecule has 0 radical (unpaired) electrons. The maximum Gasteiger partial charge on any atom is 0.330 e. The Labute approximate surface area is 82.9 Å². The minimum atomic E-state index is -0.374. The average Bonchev–Trinajstić information content (AvgIpc) is 2.11. The second kappa shape index (κ2) is 5.42. The number of hydrogen-bond donors (Lipinski definition) is 0. The standard InChI is InChI=1S/C10H14O4/c1-2-3-4-5-9(11)13-7-8-6-10(12)14-8/h4-5,8H,2-3,6-7H2,1H3/b5-4+. The van der Waals surface area contributed by atoms with Crippen molar-refractivity contribution in [1.82, 2.24) is 0 Å². The van der Waals surface area contributed by atoms with Gasteiger partial charge in [-0.2, -0.15) is 0 Å². The molecule has 4 heteroatoms. The summed E-state index contributed by atoms with van der Waals surface area (Å²) in [5, 5.41) is 0. The van der Waals surface area contributed by atoms with Gasteiger partial charge < -0.3 is 9.47 Å². The van der Waals surface area contributed by atoms with Gasteiger partial charge in [0.05, 0.1) is 6.42 Å². The molecule has 0 N–H and O–H groups in total. The Kier molecular flexibility index (Phi) is 4.16. The minimum Gasteiger partial charge on any atom is -0.459 e. The molecule has 0 aliphatic carbocycles. The van der Waals surface area contributed by atoms with Gasteiger partial charge in [-0.15, -0.1) is 0 Å². The summed E-state index contributed by atoms with van der Waals surface area (Å²) in [5.41, 5.74) is 0. The first-order valence-electron chi connectivity index (χ1n) is 4.75. The molecule has 1 saturated heterocycles. The smallest absolute Gasteiger partial charge is 0.330 e. The van der Waals surface area contributed by atoms with Crippen molar-refractivity contribution in [3.63, 3.8) is 0 Å². The van der Waals surface area contributed by atoms with E-state index in [2.05, 4.69) is 4.74 Å². The van der Waals surface area contributed by atoms with Crippen molar-refractivity contribution in [1.29, 1.82) is 0 Å². The van der Waals surface area contributed by atoms with Crippen LogP contribution in [0, 0.1) is 0 Å². The lowest BCUT2D eigenvalue weighted by molar-refractivity contribution is -0.177. The van der Waals surface area contributed by atoms with Crippen molar-refractivity contribution in [2.24, 2.45) is 0 Å². The number of hydrogen-bond acceptors (Lipinski definition) is 4. The molecular weight excluding hydrogens is 184 g/mol. The number of unbranched alkanes of at least 4 members (excludes halogenated alkanes) is 1. The van der Waals surface area contributed by atoms with Crippen LogP contribution in [0.1, 0.15) is 26.2 Å². The van der Waals surface area contributed by atoms with E-state index in [1.54, 1.807) is 6.08 Å². The molecule has 0 saturated carbocycles. The van der Waals surface area contributed by atoms with Gasteiger partial charge in [0, 0.05) is 6.08 Å². The zero-order valence-electron chi connectivity index (χ0n) is 8.19. The fraction of sp³-hybridized carbons (Fsp3) is 0.600. The molecule has 0 aromatic rings. The second-order valence-electron chi connectivity index (χ2n) is 3.14. The summed E-state index contributed by atoms with van der Waals surface area (Å²) < 4.78 is 9.51. The lowest BCUT2D eigenvalue weighted by atomic mass is 10.2. The van der Waals surface area contributed by atoms with Crippen LogP contribution < -0.4 is 0 Å². The van der Waals surface area contributed by atoms with E-state index < -0.39 is 0 Å². The summed E-state index contributed by atoms with van der Waals surface area (Å²) in [6.45, 7) is 2.20. The molecule has 4 nitrogen and oxygen atoms in total. The number of ether oxygens (including phenoxy) is 2. The normalized spacial score (nSPS) is 20.4. The van der Waals surface area contributed by atoms with Gasteiger partial charge >= 0.3 is 11.9 Å². The van der Waals surface area contributed by atoms with Gasteiger partial charge in [0.1, 0.15) is 12.7 Å². The van der Waals surface area contributed by atoms with E-state index in [0.717, 1.165) is 12.8 Å². The van der Waals surface area contributed by atoms with Crippen LogP contribution in [0.4, 0.5) is 0 Å².